The maximum atomic E-state index is 13.6. The van der Waals surface area contributed by atoms with Gasteiger partial charge in [0, 0.05) is 12.3 Å². The number of anilines is 1. The van der Waals surface area contributed by atoms with Crippen LogP contribution in [0.5, 0.6) is 0 Å². The topological polar surface area (TPSA) is 89.3 Å². The Kier molecular flexibility index (Phi) is 4.46. The third-order valence-corrected chi connectivity index (χ3v) is 3.38. The average Bonchev–Trinajstić information content (AvgIpc) is 2.21. The van der Waals surface area contributed by atoms with Crippen molar-refractivity contribution in [3.8, 4) is 0 Å². The quantitative estimate of drug-likeness (QED) is 0.800. The molecule has 1 unspecified atom stereocenters. The van der Waals surface area contributed by atoms with Crippen molar-refractivity contribution in [3.05, 3.63) is 29.3 Å². The number of nitrogens with two attached hydrogens (primary N) is 1. The first-order chi connectivity index (χ1) is 8.61. The lowest BCUT2D eigenvalue weighted by molar-refractivity contribution is 0.0935. The average molecular weight is 292 g/mol. The molecule has 0 fully saturated rings. The van der Waals surface area contributed by atoms with Crippen molar-refractivity contribution in [2.75, 3.05) is 17.7 Å². The minimum absolute atomic E-state index is 0.329. The minimum Gasteiger partial charge on any atom is -0.396 e. The van der Waals surface area contributed by atoms with Crippen molar-refractivity contribution in [1.29, 1.82) is 0 Å². The van der Waals surface area contributed by atoms with Crippen LogP contribution >= 0.6 is 0 Å². The molecule has 0 aliphatic rings. The Balaban J connectivity index is 2.94. The monoisotopic (exact) mass is 292 g/mol. The number of carbonyl (C=O) groups is 1. The van der Waals surface area contributed by atoms with Crippen LogP contribution in [0, 0.1) is 11.6 Å². The second-order valence-electron chi connectivity index (χ2n) is 4.29. The summed E-state index contributed by atoms with van der Waals surface area (Å²) in [4.78, 5) is 11.7. The molecule has 1 aromatic carbocycles. The van der Waals surface area contributed by atoms with E-state index >= 15 is 0 Å². The molecule has 5 nitrogen and oxygen atoms in total. The van der Waals surface area contributed by atoms with E-state index in [2.05, 4.69) is 5.32 Å². The molecule has 3 N–H and O–H groups in total. The highest BCUT2D eigenvalue weighted by Crippen LogP contribution is 2.18. The Morgan fingerprint density at radius 2 is 2.00 bits per heavy atom. The predicted octanol–water partition coefficient (Wildman–Crippen LogP) is 0.710. The molecule has 1 aromatic rings. The van der Waals surface area contributed by atoms with Gasteiger partial charge in [0.15, 0.2) is 5.82 Å². The van der Waals surface area contributed by atoms with Crippen molar-refractivity contribution in [3.63, 3.8) is 0 Å². The Bertz CT molecular complexity index is 602. The van der Waals surface area contributed by atoms with Crippen LogP contribution in [-0.2, 0) is 9.84 Å². The van der Waals surface area contributed by atoms with Crippen LogP contribution in [0.2, 0.25) is 0 Å². The van der Waals surface area contributed by atoms with Gasteiger partial charge in [-0.3, -0.25) is 4.79 Å². The number of rotatable bonds is 4. The summed E-state index contributed by atoms with van der Waals surface area (Å²) in [5.74, 6) is -3.59. The van der Waals surface area contributed by atoms with Gasteiger partial charge in [-0.25, -0.2) is 17.2 Å². The second-order valence-corrected chi connectivity index (χ2v) is 6.48. The van der Waals surface area contributed by atoms with Crippen LogP contribution in [0.25, 0.3) is 0 Å². The third-order valence-electron chi connectivity index (χ3n) is 2.28. The van der Waals surface area contributed by atoms with E-state index in [1.807, 2.05) is 0 Å². The van der Waals surface area contributed by atoms with Crippen LogP contribution in [0.1, 0.15) is 17.3 Å². The van der Waals surface area contributed by atoms with Crippen LogP contribution in [0.4, 0.5) is 14.5 Å². The molecular formula is C11H14F2N2O3S. The largest absolute Gasteiger partial charge is 0.396 e. The SMILES string of the molecule is CC(CS(C)(=O)=O)NC(=O)c1c(F)ccc(N)c1F. The smallest absolute Gasteiger partial charge is 0.257 e. The van der Waals surface area contributed by atoms with Gasteiger partial charge in [0.1, 0.15) is 21.2 Å². The Morgan fingerprint density at radius 1 is 1.42 bits per heavy atom. The number of halogens is 2. The van der Waals surface area contributed by atoms with E-state index in [-0.39, 0.29) is 11.4 Å². The predicted molar refractivity (Wildman–Crippen MR) is 67.4 cm³/mol. The van der Waals surface area contributed by atoms with E-state index in [0.717, 1.165) is 18.4 Å². The van der Waals surface area contributed by atoms with E-state index in [0.29, 0.717) is 0 Å². The molecule has 1 amide bonds. The van der Waals surface area contributed by atoms with Crippen LogP contribution in [-0.4, -0.2) is 32.4 Å². The number of nitrogen functional groups attached to an aromatic ring is 1. The van der Waals surface area contributed by atoms with Crippen LogP contribution in [0.15, 0.2) is 12.1 Å². The molecule has 0 saturated heterocycles. The Morgan fingerprint density at radius 3 is 2.53 bits per heavy atom. The van der Waals surface area contributed by atoms with Gasteiger partial charge in [-0.15, -0.1) is 0 Å². The highest BCUT2D eigenvalue weighted by atomic mass is 32.2. The number of benzene rings is 1. The molecule has 106 valence electrons. The summed E-state index contributed by atoms with van der Waals surface area (Å²) < 4.78 is 49.0. The van der Waals surface area contributed by atoms with Crippen molar-refractivity contribution >= 4 is 21.4 Å². The first kappa shape index (κ1) is 15.4. The zero-order valence-electron chi connectivity index (χ0n) is 10.4. The van der Waals surface area contributed by atoms with Gasteiger partial charge in [-0.05, 0) is 19.1 Å². The highest BCUT2D eigenvalue weighted by Gasteiger charge is 2.22. The molecular weight excluding hydrogens is 278 g/mol. The van der Waals surface area contributed by atoms with Gasteiger partial charge in [0.05, 0.1) is 11.4 Å². The molecule has 0 saturated carbocycles. The number of hydrogen-bond acceptors (Lipinski definition) is 4. The van der Waals surface area contributed by atoms with Crippen molar-refractivity contribution in [1.82, 2.24) is 5.32 Å². The van der Waals surface area contributed by atoms with Crippen LogP contribution < -0.4 is 11.1 Å². The Labute approximate surface area is 109 Å². The standard InChI is InChI=1S/C11H14F2N2O3S/c1-6(5-19(2,17)18)15-11(16)9-7(12)3-4-8(14)10(9)13/h3-4,6H,5,14H2,1-2H3,(H,15,16). The first-order valence-corrected chi connectivity index (χ1v) is 7.40. The Hall–Kier alpha value is -1.70. The number of hydrogen-bond donors (Lipinski definition) is 2. The molecule has 0 aromatic heterocycles. The van der Waals surface area contributed by atoms with Crippen LogP contribution in [0.3, 0.4) is 0 Å². The maximum Gasteiger partial charge on any atom is 0.257 e. The lowest BCUT2D eigenvalue weighted by Crippen LogP contribution is -2.38. The molecule has 0 radical (unpaired) electrons. The van der Waals surface area contributed by atoms with Gasteiger partial charge in [-0.2, -0.15) is 0 Å². The van der Waals surface area contributed by atoms with Gasteiger partial charge in [0.2, 0.25) is 0 Å². The fraction of sp³-hybridized carbons (Fsp3) is 0.364. The van der Waals surface area contributed by atoms with E-state index in [9.17, 15) is 22.0 Å². The lowest BCUT2D eigenvalue weighted by atomic mass is 10.1. The summed E-state index contributed by atoms with van der Waals surface area (Å²) in [6.07, 6.45) is 0.997. The minimum atomic E-state index is -3.31. The third kappa shape index (κ3) is 4.16. The van der Waals surface area contributed by atoms with E-state index in [1.165, 1.54) is 6.92 Å². The number of amides is 1. The summed E-state index contributed by atoms with van der Waals surface area (Å²) in [6, 6.07) is 1.10. The van der Waals surface area contributed by atoms with Gasteiger partial charge in [-0.1, -0.05) is 0 Å². The van der Waals surface area contributed by atoms with Gasteiger partial charge < -0.3 is 11.1 Å². The molecule has 0 aliphatic heterocycles. The maximum absolute atomic E-state index is 13.6. The van der Waals surface area contributed by atoms with E-state index in [1.54, 1.807) is 0 Å². The molecule has 8 heteroatoms. The van der Waals surface area contributed by atoms with Crippen molar-refractivity contribution < 1.29 is 22.0 Å². The van der Waals surface area contributed by atoms with Crippen molar-refractivity contribution in [2.45, 2.75) is 13.0 Å². The van der Waals surface area contributed by atoms with E-state index < -0.39 is 39.0 Å². The summed E-state index contributed by atoms with van der Waals surface area (Å²) >= 11 is 0. The van der Waals surface area contributed by atoms with Crippen molar-refractivity contribution in [2.24, 2.45) is 0 Å². The summed E-state index contributed by atoms with van der Waals surface area (Å²) in [5.41, 5.74) is 4.06. The summed E-state index contributed by atoms with van der Waals surface area (Å²) in [6.45, 7) is 1.42. The van der Waals surface area contributed by atoms with E-state index in [4.69, 9.17) is 5.73 Å². The molecule has 0 heterocycles. The zero-order chi connectivity index (χ0) is 14.8. The number of carbonyl (C=O) groups excluding carboxylic acids is 1. The first-order valence-electron chi connectivity index (χ1n) is 5.34. The fourth-order valence-corrected chi connectivity index (χ4v) is 2.56. The van der Waals surface area contributed by atoms with Gasteiger partial charge >= 0.3 is 0 Å². The van der Waals surface area contributed by atoms with Gasteiger partial charge in [0.25, 0.3) is 5.91 Å². The second kappa shape index (κ2) is 5.52. The zero-order valence-corrected chi connectivity index (χ0v) is 11.2. The summed E-state index contributed by atoms with van der Waals surface area (Å²) in [5, 5.41) is 2.21. The summed E-state index contributed by atoms with van der Waals surface area (Å²) in [7, 11) is -3.31. The fourth-order valence-electron chi connectivity index (χ4n) is 1.57. The molecule has 19 heavy (non-hydrogen) atoms. The number of nitrogens with one attached hydrogen (secondary N) is 1. The molecule has 1 atom stereocenters. The number of sulfone groups is 1. The highest BCUT2D eigenvalue weighted by molar-refractivity contribution is 7.90. The normalized spacial score (nSPS) is 13.1. The lowest BCUT2D eigenvalue weighted by Gasteiger charge is -2.14. The molecule has 0 bridgehead atoms. The molecule has 1 rings (SSSR count). The molecule has 0 spiro atoms. The molecule has 0 aliphatic carbocycles.